The van der Waals surface area contributed by atoms with Crippen molar-refractivity contribution >= 4 is 5.91 Å². The largest absolute Gasteiger partial charge is 0.352 e. The van der Waals surface area contributed by atoms with Crippen molar-refractivity contribution in [3.8, 4) is 11.1 Å². The van der Waals surface area contributed by atoms with E-state index in [0.29, 0.717) is 12.1 Å². The van der Waals surface area contributed by atoms with Gasteiger partial charge < -0.3 is 5.32 Å². The van der Waals surface area contributed by atoms with Gasteiger partial charge in [-0.05, 0) is 30.0 Å². The number of carbonyl (C=O) groups is 1. The molecule has 1 N–H and O–H groups in total. The first-order valence-corrected chi connectivity index (χ1v) is 7.07. The molecule has 1 aromatic heterocycles. The second-order valence-electron chi connectivity index (χ2n) is 5.31. The molecule has 5 heteroatoms. The zero-order valence-electron chi connectivity index (χ0n) is 11.6. The summed E-state index contributed by atoms with van der Waals surface area (Å²) in [6, 6.07) is 4.55. The van der Waals surface area contributed by atoms with Gasteiger partial charge in [0, 0.05) is 24.5 Å². The molecule has 0 unspecified atom stereocenters. The zero-order chi connectivity index (χ0) is 14.7. The van der Waals surface area contributed by atoms with Gasteiger partial charge in [-0.15, -0.1) is 0 Å². The molecular weight excluding hydrogens is 269 g/mol. The summed E-state index contributed by atoms with van der Waals surface area (Å²) in [5.74, 6) is -0.139. The quantitative estimate of drug-likeness (QED) is 0.919. The highest BCUT2D eigenvalue weighted by molar-refractivity contribution is 5.95. The Labute approximate surface area is 122 Å². The van der Waals surface area contributed by atoms with Gasteiger partial charge in [0.1, 0.15) is 12.1 Å². The second-order valence-corrected chi connectivity index (χ2v) is 5.31. The first-order chi connectivity index (χ1) is 10.2. The van der Waals surface area contributed by atoms with Gasteiger partial charge >= 0.3 is 0 Å². The minimum atomic E-state index is -0.528. The van der Waals surface area contributed by atoms with E-state index in [2.05, 4.69) is 15.3 Å². The fraction of sp³-hybridized carbons (Fsp3) is 0.312. The molecule has 4 nitrogen and oxygen atoms in total. The van der Waals surface area contributed by atoms with Crippen LogP contribution in [0, 0.1) is 11.7 Å². The van der Waals surface area contributed by atoms with Crippen molar-refractivity contribution in [2.24, 2.45) is 5.92 Å². The van der Waals surface area contributed by atoms with E-state index < -0.39 is 5.82 Å². The van der Waals surface area contributed by atoms with E-state index in [1.807, 2.05) is 0 Å². The van der Waals surface area contributed by atoms with E-state index in [9.17, 15) is 9.18 Å². The molecular formula is C16H16FN3O. The summed E-state index contributed by atoms with van der Waals surface area (Å²) in [6.45, 7) is 0.608. The molecule has 0 bridgehead atoms. The molecule has 0 saturated heterocycles. The van der Waals surface area contributed by atoms with E-state index in [1.54, 1.807) is 18.5 Å². The predicted octanol–water partition coefficient (Wildman–Crippen LogP) is 2.81. The summed E-state index contributed by atoms with van der Waals surface area (Å²) in [5.41, 5.74) is 1.45. The number of benzene rings is 1. The van der Waals surface area contributed by atoms with Crippen molar-refractivity contribution in [1.82, 2.24) is 15.3 Å². The van der Waals surface area contributed by atoms with Crippen LogP contribution in [0.25, 0.3) is 11.1 Å². The minimum Gasteiger partial charge on any atom is -0.352 e. The van der Waals surface area contributed by atoms with Gasteiger partial charge in [-0.25, -0.2) is 14.4 Å². The van der Waals surface area contributed by atoms with Crippen LogP contribution in [0.3, 0.4) is 0 Å². The molecule has 21 heavy (non-hydrogen) atoms. The van der Waals surface area contributed by atoms with Crippen LogP contribution in [0.15, 0.2) is 36.9 Å². The summed E-state index contributed by atoms with van der Waals surface area (Å²) in [6.07, 6.45) is 8.11. The van der Waals surface area contributed by atoms with Crippen LogP contribution < -0.4 is 5.32 Å². The third-order valence-corrected chi connectivity index (χ3v) is 3.64. The number of hydrogen-bond acceptors (Lipinski definition) is 3. The van der Waals surface area contributed by atoms with Crippen molar-refractivity contribution in [2.45, 2.75) is 19.3 Å². The first-order valence-electron chi connectivity index (χ1n) is 7.07. The standard InChI is InChI=1S/C16H16FN3O/c17-15-7-12(13-8-18-10-19-9-13)3-4-14(15)16(21)20-6-5-11-1-2-11/h3-4,7-11H,1-2,5-6H2,(H,20,21). The maximum atomic E-state index is 14.1. The molecule has 0 aliphatic heterocycles. The Balaban J connectivity index is 1.70. The third kappa shape index (κ3) is 3.42. The van der Waals surface area contributed by atoms with E-state index in [0.717, 1.165) is 17.9 Å². The fourth-order valence-electron chi connectivity index (χ4n) is 2.22. The summed E-state index contributed by atoms with van der Waals surface area (Å²) >= 11 is 0. The van der Waals surface area contributed by atoms with Gasteiger partial charge in [0.25, 0.3) is 5.91 Å². The number of nitrogens with one attached hydrogen (secondary N) is 1. The Morgan fingerprint density at radius 1 is 1.24 bits per heavy atom. The zero-order valence-corrected chi connectivity index (χ0v) is 11.6. The molecule has 1 fully saturated rings. The lowest BCUT2D eigenvalue weighted by molar-refractivity contribution is 0.0948. The van der Waals surface area contributed by atoms with Crippen molar-refractivity contribution in [2.75, 3.05) is 6.54 Å². The number of amides is 1. The van der Waals surface area contributed by atoms with E-state index in [-0.39, 0.29) is 11.5 Å². The molecule has 1 aliphatic carbocycles. The van der Waals surface area contributed by atoms with E-state index in [4.69, 9.17) is 0 Å². The number of rotatable bonds is 5. The second kappa shape index (κ2) is 5.99. The first kappa shape index (κ1) is 13.7. The average Bonchev–Trinajstić information content (AvgIpc) is 3.32. The minimum absolute atomic E-state index is 0.0754. The Hall–Kier alpha value is -2.30. The topological polar surface area (TPSA) is 54.9 Å². The molecule has 1 aromatic carbocycles. The van der Waals surface area contributed by atoms with Gasteiger partial charge in [-0.2, -0.15) is 0 Å². The Morgan fingerprint density at radius 2 is 2.00 bits per heavy atom. The molecule has 108 valence electrons. The summed E-state index contributed by atoms with van der Waals surface area (Å²) < 4.78 is 14.1. The van der Waals surface area contributed by atoms with Gasteiger partial charge in [-0.3, -0.25) is 4.79 Å². The van der Waals surface area contributed by atoms with Crippen LogP contribution in [0.5, 0.6) is 0 Å². The normalized spacial score (nSPS) is 14.0. The van der Waals surface area contributed by atoms with Crippen molar-refractivity contribution in [3.05, 3.63) is 48.3 Å². The molecule has 1 saturated carbocycles. The number of aromatic nitrogens is 2. The van der Waals surface area contributed by atoms with Crippen molar-refractivity contribution < 1.29 is 9.18 Å². The SMILES string of the molecule is O=C(NCCC1CC1)c1ccc(-c2cncnc2)cc1F. The Morgan fingerprint density at radius 3 is 2.67 bits per heavy atom. The lowest BCUT2D eigenvalue weighted by Crippen LogP contribution is -2.25. The van der Waals surface area contributed by atoms with Crippen LogP contribution in [0.2, 0.25) is 0 Å². The van der Waals surface area contributed by atoms with Gasteiger partial charge in [0.15, 0.2) is 0 Å². The van der Waals surface area contributed by atoms with Crippen molar-refractivity contribution in [3.63, 3.8) is 0 Å². The van der Waals surface area contributed by atoms with Crippen molar-refractivity contribution in [1.29, 1.82) is 0 Å². The van der Waals surface area contributed by atoms with Gasteiger partial charge in [-0.1, -0.05) is 18.9 Å². The number of hydrogen-bond donors (Lipinski definition) is 1. The molecule has 2 aromatic rings. The van der Waals surface area contributed by atoms with Crippen LogP contribution in [0.1, 0.15) is 29.6 Å². The lowest BCUT2D eigenvalue weighted by atomic mass is 10.1. The van der Waals surface area contributed by atoms with Crippen LogP contribution in [-0.2, 0) is 0 Å². The average molecular weight is 285 g/mol. The maximum Gasteiger partial charge on any atom is 0.254 e. The molecule has 1 heterocycles. The Bertz CT molecular complexity index is 641. The predicted molar refractivity (Wildman–Crippen MR) is 77.1 cm³/mol. The van der Waals surface area contributed by atoms with Crippen LogP contribution >= 0.6 is 0 Å². The van der Waals surface area contributed by atoms with Crippen LogP contribution in [-0.4, -0.2) is 22.4 Å². The number of carbonyl (C=O) groups excluding carboxylic acids is 1. The highest BCUT2D eigenvalue weighted by Crippen LogP contribution is 2.31. The highest BCUT2D eigenvalue weighted by Gasteiger charge is 2.21. The molecule has 1 aliphatic rings. The summed E-state index contributed by atoms with van der Waals surface area (Å²) in [5, 5.41) is 2.77. The van der Waals surface area contributed by atoms with Gasteiger partial charge in [0.2, 0.25) is 0 Å². The highest BCUT2D eigenvalue weighted by atomic mass is 19.1. The maximum absolute atomic E-state index is 14.1. The molecule has 3 rings (SSSR count). The number of halogens is 1. The van der Waals surface area contributed by atoms with E-state index >= 15 is 0 Å². The summed E-state index contributed by atoms with van der Waals surface area (Å²) in [4.78, 5) is 19.7. The molecule has 0 spiro atoms. The molecule has 1 amide bonds. The fourth-order valence-corrected chi connectivity index (χ4v) is 2.22. The molecule has 0 atom stereocenters. The lowest BCUT2D eigenvalue weighted by Gasteiger charge is -2.07. The van der Waals surface area contributed by atoms with Crippen LogP contribution in [0.4, 0.5) is 4.39 Å². The smallest absolute Gasteiger partial charge is 0.254 e. The third-order valence-electron chi connectivity index (χ3n) is 3.64. The molecule has 0 radical (unpaired) electrons. The van der Waals surface area contributed by atoms with Gasteiger partial charge in [0.05, 0.1) is 5.56 Å². The summed E-state index contributed by atoms with van der Waals surface area (Å²) in [7, 11) is 0. The number of nitrogens with zero attached hydrogens (tertiary/aromatic N) is 2. The van der Waals surface area contributed by atoms with E-state index in [1.165, 1.54) is 31.3 Å². The monoisotopic (exact) mass is 285 g/mol. The Kier molecular flexibility index (Phi) is 3.90.